The first-order valence-corrected chi connectivity index (χ1v) is 6.09. The highest BCUT2D eigenvalue weighted by Gasteiger charge is 2.03. The Morgan fingerprint density at radius 3 is 2.84 bits per heavy atom. The van der Waals surface area contributed by atoms with E-state index >= 15 is 0 Å². The molecule has 0 aliphatic heterocycles. The second-order valence-electron chi connectivity index (χ2n) is 3.96. The second-order valence-corrected chi connectivity index (χ2v) is 4.37. The number of rotatable bonds is 4. The van der Waals surface area contributed by atoms with Crippen molar-refractivity contribution in [1.82, 2.24) is 10.0 Å². The van der Waals surface area contributed by atoms with Crippen LogP contribution in [-0.2, 0) is 11.3 Å². The largest absolute Gasteiger partial charge is 0.344 e. The van der Waals surface area contributed by atoms with Gasteiger partial charge in [0.25, 0.3) is 5.91 Å². The van der Waals surface area contributed by atoms with Crippen LogP contribution in [0.5, 0.6) is 0 Å². The Hall–Kier alpha value is -2.04. The monoisotopic (exact) mass is 276 g/mol. The lowest BCUT2D eigenvalue weighted by molar-refractivity contribution is -0.124. The normalized spacial score (nSPS) is 10.8. The highest BCUT2D eigenvalue weighted by atomic mass is 35.5. The number of hydrogen-bond acceptors (Lipinski definition) is 2. The first-order valence-electron chi connectivity index (χ1n) is 5.71. The van der Waals surface area contributed by atoms with Gasteiger partial charge in [-0.3, -0.25) is 10.0 Å². The van der Waals surface area contributed by atoms with E-state index in [1.807, 2.05) is 47.2 Å². The van der Waals surface area contributed by atoms with Crippen molar-refractivity contribution in [2.24, 2.45) is 0 Å². The summed E-state index contributed by atoms with van der Waals surface area (Å²) in [6, 6.07) is 11.4. The fourth-order valence-electron chi connectivity index (χ4n) is 1.73. The van der Waals surface area contributed by atoms with E-state index in [0.29, 0.717) is 11.6 Å². The molecule has 2 aromatic rings. The summed E-state index contributed by atoms with van der Waals surface area (Å²) in [7, 11) is 0. The number of benzene rings is 1. The van der Waals surface area contributed by atoms with Crippen LogP contribution in [0.3, 0.4) is 0 Å². The third kappa shape index (κ3) is 3.47. The molecule has 0 bridgehead atoms. The number of amides is 1. The summed E-state index contributed by atoms with van der Waals surface area (Å²) < 4.78 is 1.96. The number of carbonyl (C=O) groups excluding carboxylic acids is 1. The van der Waals surface area contributed by atoms with Gasteiger partial charge in [-0.2, -0.15) is 0 Å². The van der Waals surface area contributed by atoms with E-state index in [1.54, 1.807) is 11.6 Å². The van der Waals surface area contributed by atoms with Crippen LogP contribution in [0.2, 0.25) is 5.02 Å². The molecule has 0 saturated heterocycles. The molecule has 98 valence electrons. The highest BCUT2D eigenvalue weighted by molar-refractivity contribution is 6.31. The summed E-state index contributed by atoms with van der Waals surface area (Å²) in [4.78, 5) is 11.0. The summed E-state index contributed by atoms with van der Waals surface area (Å²) in [6.45, 7) is 0.618. The maximum Gasteiger partial charge on any atom is 0.267 e. The molecule has 2 rings (SSSR count). The van der Waals surface area contributed by atoms with Crippen molar-refractivity contribution < 1.29 is 10.0 Å². The molecule has 0 fully saturated rings. The van der Waals surface area contributed by atoms with Crippen molar-refractivity contribution in [3.63, 3.8) is 0 Å². The minimum atomic E-state index is -0.564. The molecule has 1 amide bonds. The lowest BCUT2D eigenvalue weighted by Crippen LogP contribution is -2.15. The van der Waals surface area contributed by atoms with E-state index < -0.39 is 5.91 Å². The number of carbonyl (C=O) groups is 1. The van der Waals surface area contributed by atoms with Gasteiger partial charge in [0.1, 0.15) is 0 Å². The van der Waals surface area contributed by atoms with Crippen molar-refractivity contribution >= 4 is 23.6 Å². The summed E-state index contributed by atoms with van der Waals surface area (Å²) in [5.74, 6) is -0.564. The first kappa shape index (κ1) is 13.4. The van der Waals surface area contributed by atoms with E-state index in [-0.39, 0.29) is 0 Å². The van der Waals surface area contributed by atoms with Gasteiger partial charge in [0.2, 0.25) is 0 Å². The number of nitrogens with zero attached hydrogens (tertiary/aromatic N) is 1. The van der Waals surface area contributed by atoms with E-state index in [1.165, 1.54) is 6.08 Å². The van der Waals surface area contributed by atoms with Gasteiger partial charge in [-0.15, -0.1) is 0 Å². The van der Waals surface area contributed by atoms with Crippen LogP contribution in [0.4, 0.5) is 0 Å². The number of hydroxylamine groups is 1. The standard InChI is InChI=1S/C14H13ClN2O2/c15-13-6-2-1-4-11(13)10-17-9-3-5-12(17)7-8-14(18)16-19/h1-9,19H,10H2,(H,16,18). The van der Waals surface area contributed by atoms with Crippen LogP contribution >= 0.6 is 11.6 Å². The van der Waals surface area contributed by atoms with Crippen molar-refractivity contribution in [2.75, 3.05) is 0 Å². The maximum atomic E-state index is 11.0. The zero-order valence-corrected chi connectivity index (χ0v) is 10.8. The highest BCUT2D eigenvalue weighted by Crippen LogP contribution is 2.17. The Balaban J connectivity index is 2.19. The summed E-state index contributed by atoms with van der Waals surface area (Å²) >= 11 is 6.11. The molecular formula is C14H13ClN2O2. The quantitative estimate of drug-likeness (QED) is 0.512. The van der Waals surface area contributed by atoms with Crippen molar-refractivity contribution in [3.8, 4) is 0 Å². The molecule has 19 heavy (non-hydrogen) atoms. The average Bonchev–Trinajstić information content (AvgIpc) is 2.86. The fourth-order valence-corrected chi connectivity index (χ4v) is 1.93. The minimum absolute atomic E-state index is 0.564. The van der Waals surface area contributed by atoms with Crippen molar-refractivity contribution in [1.29, 1.82) is 0 Å². The lowest BCUT2D eigenvalue weighted by atomic mass is 10.2. The smallest absolute Gasteiger partial charge is 0.267 e. The number of aromatic nitrogens is 1. The third-order valence-electron chi connectivity index (χ3n) is 2.68. The van der Waals surface area contributed by atoms with Crippen LogP contribution in [0.15, 0.2) is 48.7 Å². The molecule has 0 aliphatic carbocycles. The molecule has 0 radical (unpaired) electrons. The summed E-state index contributed by atoms with van der Waals surface area (Å²) in [5.41, 5.74) is 3.40. The Bertz CT molecular complexity index is 605. The Kier molecular flexibility index (Phi) is 4.39. The van der Waals surface area contributed by atoms with E-state index in [2.05, 4.69) is 0 Å². The molecule has 5 heteroatoms. The maximum absolute atomic E-state index is 11.0. The Labute approximate surface area is 115 Å². The van der Waals surface area contributed by atoms with Gasteiger partial charge >= 0.3 is 0 Å². The van der Waals surface area contributed by atoms with Gasteiger partial charge in [-0.1, -0.05) is 29.8 Å². The van der Waals surface area contributed by atoms with Crippen LogP contribution in [0, 0.1) is 0 Å². The molecule has 1 aromatic carbocycles. The van der Waals surface area contributed by atoms with Crippen LogP contribution in [-0.4, -0.2) is 15.7 Å². The molecule has 4 nitrogen and oxygen atoms in total. The third-order valence-corrected chi connectivity index (χ3v) is 3.05. The summed E-state index contributed by atoms with van der Waals surface area (Å²) in [5, 5.41) is 9.14. The van der Waals surface area contributed by atoms with Crippen molar-refractivity contribution in [3.05, 3.63) is 65.0 Å². The first-order chi connectivity index (χ1) is 9.20. The number of halogens is 1. The SMILES string of the molecule is O=C(C=Cc1cccn1Cc1ccccc1Cl)NO. The number of hydrogen-bond donors (Lipinski definition) is 2. The predicted molar refractivity (Wildman–Crippen MR) is 73.9 cm³/mol. The van der Waals surface area contributed by atoms with Crippen LogP contribution in [0.1, 0.15) is 11.3 Å². The zero-order valence-electron chi connectivity index (χ0n) is 10.1. The van der Waals surface area contributed by atoms with Gasteiger partial charge in [-0.05, 0) is 29.8 Å². The van der Waals surface area contributed by atoms with Gasteiger partial charge < -0.3 is 4.57 Å². The molecule has 0 unspecified atom stereocenters. The minimum Gasteiger partial charge on any atom is -0.344 e. The van der Waals surface area contributed by atoms with E-state index in [4.69, 9.17) is 16.8 Å². The van der Waals surface area contributed by atoms with Crippen LogP contribution in [0.25, 0.3) is 6.08 Å². The van der Waals surface area contributed by atoms with Gasteiger partial charge in [0, 0.05) is 29.5 Å². The van der Waals surface area contributed by atoms with E-state index in [0.717, 1.165) is 11.3 Å². The molecule has 0 atom stereocenters. The van der Waals surface area contributed by atoms with E-state index in [9.17, 15) is 4.79 Å². The zero-order chi connectivity index (χ0) is 13.7. The lowest BCUT2D eigenvalue weighted by Gasteiger charge is -2.08. The Morgan fingerprint density at radius 2 is 2.11 bits per heavy atom. The molecule has 2 N–H and O–H groups in total. The van der Waals surface area contributed by atoms with Crippen LogP contribution < -0.4 is 5.48 Å². The molecule has 1 heterocycles. The number of nitrogens with one attached hydrogen (secondary N) is 1. The second kappa shape index (κ2) is 6.22. The van der Waals surface area contributed by atoms with Crippen molar-refractivity contribution in [2.45, 2.75) is 6.54 Å². The molecule has 0 spiro atoms. The molecule has 0 saturated carbocycles. The molecule has 0 aliphatic rings. The average molecular weight is 277 g/mol. The molecular weight excluding hydrogens is 264 g/mol. The fraction of sp³-hybridized carbons (Fsp3) is 0.0714. The summed E-state index contributed by atoms with van der Waals surface area (Å²) in [6.07, 6.45) is 4.79. The van der Waals surface area contributed by atoms with Gasteiger partial charge in [0.05, 0.1) is 0 Å². The van der Waals surface area contributed by atoms with Gasteiger partial charge in [-0.25, -0.2) is 5.48 Å². The topological polar surface area (TPSA) is 54.3 Å². The predicted octanol–water partition coefficient (Wildman–Crippen LogP) is 2.71. The Morgan fingerprint density at radius 1 is 1.32 bits per heavy atom. The van der Waals surface area contributed by atoms with Gasteiger partial charge in [0.15, 0.2) is 0 Å². The molecule has 1 aromatic heterocycles.